The molecule has 1 N–H and O–H groups in total. The van der Waals surface area contributed by atoms with Gasteiger partial charge in [0.1, 0.15) is 5.01 Å². The minimum absolute atomic E-state index is 0.202. The van der Waals surface area contributed by atoms with E-state index in [-0.39, 0.29) is 5.56 Å². The monoisotopic (exact) mass is 395 g/mol. The van der Waals surface area contributed by atoms with Crippen molar-refractivity contribution in [2.24, 2.45) is 4.99 Å². The normalized spacial score (nSPS) is 11.3. The highest BCUT2D eigenvalue weighted by Crippen LogP contribution is 2.27. The fourth-order valence-corrected chi connectivity index (χ4v) is 3.47. The number of aryl methyl sites for hydroxylation is 1. The zero-order valence-electron chi connectivity index (χ0n) is 14.3. The van der Waals surface area contributed by atoms with Crippen molar-refractivity contribution >= 4 is 34.3 Å². The fourth-order valence-electron chi connectivity index (χ4n) is 2.59. The highest BCUT2D eigenvalue weighted by Gasteiger charge is 2.11. The van der Waals surface area contributed by atoms with Gasteiger partial charge >= 0.3 is 0 Å². The number of H-pyrrole nitrogens is 1. The van der Waals surface area contributed by atoms with Crippen molar-refractivity contribution in [1.29, 1.82) is 0 Å². The predicted octanol–water partition coefficient (Wildman–Crippen LogP) is 4.40. The summed E-state index contributed by atoms with van der Waals surface area (Å²) in [5.41, 5.74) is 2.62. The van der Waals surface area contributed by atoms with Crippen molar-refractivity contribution in [3.8, 4) is 16.3 Å². The van der Waals surface area contributed by atoms with E-state index in [1.807, 2.05) is 37.3 Å². The van der Waals surface area contributed by atoms with Gasteiger partial charge in [0.05, 0.1) is 11.3 Å². The topological polar surface area (TPSA) is 75.9 Å². The molecule has 8 heteroatoms. The molecule has 0 saturated heterocycles. The lowest BCUT2D eigenvalue weighted by Gasteiger charge is -2.01. The summed E-state index contributed by atoms with van der Waals surface area (Å²) in [6.45, 7) is 1.82. The van der Waals surface area contributed by atoms with E-state index >= 15 is 0 Å². The second-order valence-electron chi connectivity index (χ2n) is 5.78. The molecule has 2 aromatic carbocycles. The minimum atomic E-state index is -0.202. The van der Waals surface area contributed by atoms with Gasteiger partial charge in [0.25, 0.3) is 5.56 Å². The molecule has 0 fully saturated rings. The average Bonchev–Trinajstić information content (AvgIpc) is 3.26. The first-order valence-electron chi connectivity index (χ1n) is 8.12. The van der Waals surface area contributed by atoms with E-state index in [9.17, 15) is 4.79 Å². The number of rotatable bonds is 4. The van der Waals surface area contributed by atoms with Crippen LogP contribution in [0.25, 0.3) is 16.3 Å². The van der Waals surface area contributed by atoms with Crippen LogP contribution in [0, 0.1) is 6.92 Å². The summed E-state index contributed by atoms with van der Waals surface area (Å²) in [5, 5.41) is 13.1. The maximum atomic E-state index is 12.7. The number of aromatic amines is 1. The number of aromatic nitrogens is 4. The molecule has 4 rings (SSSR count). The number of hydrogen-bond donors (Lipinski definition) is 1. The standard InChI is InChI=1S/C19H14ClN5OS/c1-12-16(18(26)25(24-12)15-9-5-8-14(20)10-15)11-21-19-23-22-17(27-19)13-6-3-2-4-7-13/h2-11,24H,1H3. The van der Waals surface area contributed by atoms with Gasteiger partial charge in [0.15, 0.2) is 0 Å². The van der Waals surface area contributed by atoms with Crippen LogP contribution in [0.15, 0.2) is 64.4 Å². The zero-order valence-corrected chi connectivity index (χ0v) is 15.8. The second-order valence-corrected chi connectivity index (χ2v) is 7.18. The Morgan fingerprint density at radius 3 is 2.74 bits per heavy atom. The Balaban J connectivity index is 1.64. The molecule has 2 aromatic heterocycles. The van der Waals surface area contributed by atoms with Gasteiger partial charge in [-0.15, -0.1) is 10.2 Å². The summed E-state index contributed by atoms with van der Waals surface area (Å²) in [5.74, 6) is 0. The third-order valence-corrected chi connectivity index (χ3v) is 5.04. The summed E-state index contributed by atoms with van der Waals surface area (Å²) in [6, 6.07) is 16.8. The molecule has 0 unspecified atom stereocenters. The van der Waals surface area contributed by atoms with Gasteiger partial charge in [-0.25, -0.2) is 9.67 Å². The van der Waals surface area contributed by atoms with Gasteiger partial charge in [0.2, 0.25) is 5.13 Å². The van der Waals surface area contributed by atoms with Crippen molar-refractivity contribution in [3.05, 3.63) is 81.2 Å². The Morgan fingerprint density at radius 1 is 1.15 bits per heavy atom. The number of halogens is 1. The molecule has 0 saturated carbocycles. The summed E-state index contributed by atoms with van der Waals surface area (Å²) in [4.78, 5) is 17.0. The predicted molar refractivity (Wildman–Crippen MR) is 109 cm³/mol. The molecular weight excluding hydrogens is 382 g/mol. The van der Waals surface area contributed by atoms with Crippen LogP contribution < -0.4 is 5.56 Å². The maximum Gasteiger partial charge on any atom is 0.280 e. The van der Waals surface area contributed by atoms with Gasteiger partial charge in [-0.1, -0.05) is 59.3 Å². The van der Waals surface area contributed by atoms with Crippen LogP contribution in [0.3, 0.4) is 0 Å². The Kier molecular flexibility index (Phi) is 4.70. The highest BCUT2D eigenvalue weighted by molar-refractivity contribution is 7.18. The summed E-state index contributed by atoms with van der Waals surface area (Å²) in [7, 11) is 0. The maximum absolute atomic E-state index is 12.7. The van der Waals surface area contributed by atoms with E-state index in [0.29, 0.717) is 27.1 Å². The summed E-state index contributed by atoms with van der Waals surface area (Å²) < 4.78 is 1.44. The van der Waals surface area contributed by atoms with Crippen LogP contribution in [0.1, 0.15) is 11.3 Å². The molecule has 0 spiro atoms. The van der Waals surface area contributed by atoms with E-state index in [1.54, 1.807) is 24.3 Å². The molecule has 0 bridgehead atoms. The van der Waals surface area contributed by atoms with Gasteiger partial charge < -0.3 is 0 Å². The Labute approximate surface area is 163 Å². The lowest BCUT2D eigenvalue weighted by atomic mass is 10.2. The van der Waals surface area contributed by atoms with Gasteiger partial charge in [-0.2, -0.15) is 0 Å². The number of aliphatic imine (C=N–C) groups is 1. The molecule has 0 aliphatic carbocycles. The zero-order chi connectivity index (χ0) is 18.8. The SMILES string of the molecule is Cc1[nH]n(-c2cccc(Cl)c2)c(=O)c1C=Nc1nnc(-c2ccccc2)s1. The number of nitrogens with one attached hydrogen (secondary N) is 1. The molecule has 27 heavy (non-hydrogen) atoms. The van der Waals surface area contributed by atoms with Gasteiger partial charge in [0, 0.05) is 22.5 Å². The number of nitrogens with zero attached hydrogens (tertiary/aromatic N) is 4. The van der Waals surface area contributed by atoms with Crippen LogP contribution in [0.2, 0.25) is 5.02 Å². The van der Waals surface area contributed by atoms with Gasteiger partial charge in [-0.3, -0.25) is 9.89 Å². The van der Waals surface area contributed by atoms with E-state index in [0.717, 1.165) is 10.6 Å². The van der Waals surface area contributed by atoms with E-state index in [2.05, 4.69) is 20.3 Å². The molecule has 0 aliphatic rings. The first-order chi connectivity index (χ1) is 13.1. The molecule has 2 heterocycles. The molecule has 0 atom stereocenters. The number of benzene rings is 2. The van der Waals surface area contributed by atoms with E-state index < -0.39 is 0 Å². The van der Waals surface area contributed by atoms with Crippen LogP contribution in [0.4, 0.5) is 5.13 Å². The van der Waals surface area contributed by atoms with E-state index in [1.165, 1.54) is 22.2 Å². The van der Waals surface area contributed by atoms with Crippen LogP contribution in [-0.4, -0.2) is 26.2 Å². The van der Waals surface area contributed by atoms with Crippen molar-refractivity contribution < 1.29 is 0 Å². The van der Waals surface area contributed by atoms with E-state index in [4.69, 9.17) is 11.6 Å². The summed E-state index contributed by atoms with van der Waals surface area (Å²) >= 11 is 7.38. The Hall–Kier alpha value is -3.03. The quantitative estimate of drug-likeness (QED) is 0.520. The van der Waals surface area contributed by atoms with Crippen LogP contribution in [0.5, 0.6) is 0 Å². The lowest BCUT2D eigenvalue weighted by Crippen LogP contribution is -2.17. The fraction of sp³-hybridized carbons (Fsp3) is 0.0526. The molecule has 4 aromatic rings. The second kappa shape index (κ2) is 7.30. The molecule has 0 aliphatic heterocycles. The average molecular weight is 396 g/mol. The van der Waals surface area contributed by atoms with Crippen molar-refractivity contribution in [2.45, 2.75) is 6.92 Å². The van der Waals surface area contributed by atoms with Crippen molar-refractivity contribution in [2.75, 3.05) is 0 Å². The minimum Gasteiger partial charge on any atom is -0.295 e. The first-order valence-corrected chi connectivity index (χ1v) is 9.32. The third-order valence-electron chi connectivity index (χ3n) is 3.92. The van der Waals surface area contributed by atoms with Crippen molar-refractivity contribution in [1.82, 2.24) is 20.0 Å². The van der Waals surface area contributed by atoms with Crippen molar-refractivity contribution in [3.63, 3.8) is 0 Å². The molecule has 0 radical (unpaired) electrons. The van der Waals surface area contributed by atoms with Gasteiger partial charge in [-0.05, 0) is 25.1 Å². The Bertz CT molecular complexity index is 1180. The first kappa shape index (κ1) is 17.4. The van der Waals surface area contributed by atoms with Crippen LogP contribution >= 0.6 is 22.9 Å². The summed E-state index contributed by atoms with van der Waals surface area (Å²) in [6.07, 6.45) is 1.52. The highest BCUT2D eigenvalue weighted by atomic mass is 35.5. The molecular formula is C19H14ClN5OS. The largest absolute Gasteiger partial charge is 0.295 e. The molecule has 6 nitrogen and oxygen atoms in total. The molecule has 134 valence electrons. The number of hydrogen-bond acceptors (Lipinski definition) is 5. The van der Waals surface area contributed by atoms with Crippen LogP contribution in [-0.2, 0) is 0 Å². The lowest BCUT2D eigenvalue weighted by molar-refractivity contribution is 0.835. The smallest absolute Gasteiger partial charge is 0.280 e. The Morgan fingerprint density at radius 2 is 1.96 bits per heavy atom. The third kappa shape index (κ3) is 3.60. The molecule has 0 amide bonds.